The number of aryl methyl sites for hydroxylation is 1. The predicted molar refractivity (Wildman–Crippen MR) is 82.7 cm³/mol. The van der Waals surface area contributed by atoms with Gasteiger partial charge < -0.3 is 14.5 Å². The molecule has 23 heavy (non-hydrogen) atoms. The molecule has 0 saturated carbocycles. The van der Waals surface area contributed by atoms with Crippen LogP contribution in [0.4, 0.5) is 5.69 Å². The van der Waals surface area contributed by atoms with Crippen molar-refractivity contribution in [1.82, 2.24) is 4.72 Å². The summed E-state index contributed by atoms with van der Waals surface area (Å²) in [5.41, 5.74) is 0.339. The molecule has 1 aliphatic rings. The SMILES string of the molecule is Cc1ccc(C(C)NS(=O)(=O)c2ccc3c(c2)NC(=O)CO3)o1. The number of benzene rings is 1. The fourth-order valence-electron chi connectivity index (χ4n) is 2.27. The van der Waals surface area contributed by atoms with Crippen molar-refractivity contribution in [1.29, 1.82) is 0 Å². The molecule has 0 spiro atoms. The number of anilines is 1. The molecule has 0 saturated heterocycles. The Balaban J connectivity index is 1.85. The topological polar surface area (TPSA) is 97.6 Å². The lowest BCUT2D eigenvalue weighted by Gasteiger charge is -2.19. The molecule has 0 bridgehead atoms. The molecule has 1 atom stereocenters. The van der Waals surface area contributed by atoms with Crippen LogP contribution in [0.15, 0.2) is 39.6 Å². The zero-order chi connectivity index (χ0) is 16.6. The fourth-order valence-corrected chi connectivity index (χ4v) is 3.51. The maximum absolute atomic E-state index is 12.5. The van der Waals surface area contributed by atoms with E-state index in [1.165, 1.54) is 18.2 Å². The van der Waals surface area contributed by atoms with E-state index in [1.54, 1.807) is 26.0 Å². The van der Waals surface area contributed by atoms with E-state index in [0.717, 1.165) is 0 Å². The van der Waals surface area contributed by atoms with Crippen molar-refractivity contribution in [3.8, 4) is 5.75 Å². The molecule has 3 rings (SSSR count). The van der Waals surface area contributed by atoms with Gasteiger partial charge in [-0.25, -0.2) is 13.1 Å². The van der Waals surface area contributed by atoms with E-state index in [4.69, 9.17) is 9.15 Å². The third kappa shape index (κ3) is 3.22. The predicted octanol–water partition coefficient (Wildman–Crippen LogP) is 1.96. The van der Waals surface area contributed by atoms with Gasteiger partial charge in [0, 0.05) is 0 Å². The van der Waals surface area contributed by atoms with Crippen LogP contribution in [0.25, 0.3) is 0 Å². The summed E-state index contributed by atoms with van der Waals surface area (Å²) in [6.45, 7) is 3.40. The largest absolute Gasteiger partial charge is 0.482 e. The van der Waals surface area contributed by atoms with E-state index in [2.05, 4.69) is 10.0 Å². The average Bonchev–Trinajstić information content (AvgIpc) is 2.92. The second kappa shape index (κ2) is 5.71. The number of hydrogen-bond acceptors (Lipinski definition) is 5. The van der Waals surface area contributed by atoms with E-state index < -0.39 is 16.1 Å². The Bertz CT molecular complexity index is 857. The normalized spacial score (nSPS) is 15.5. The standard InChI is InChI=1S/C15H16N2O5S/c1-9-3-5-13(22-9)10(2)17-23(19,20)11-4-6-14-12(7-11)16-15(18)8-21-14/h3-7,10,17H,8H2,1-2H3,(H,16,18). The zero-order valence-electron chi connectivity index (χ0n) is 12.6. The Morgan fingerprint density at radius 3 is 2.74 bits per heavy atom. The highest BCUT2D eigenvalue weighted by molar-refractivity contribution is 7.89. The molecule has 1 unspecified atom stereocenters. The van der Waals surface area contributed by atoms with Crippen molar-refractivity contribution in [2.24, 2.45) is 0 Å². The molecule has 8 heteroatoms. The number of hydrogen-bond donors (Lipinski definition) is 2. The Morgan fingerprint density at radius 2 is 2.04 bits per heavy atom. The van der Waals surface area contributed by atoms with Crippen LogP contribution in [-0.2, 0) is 14.8 Å². The summed E-state index contributed by atoms with van der Waals surface area (Å²) in [6, 6.07) is 7.30. The van der Waals surface area contributed by atoms with Crippen LogP contribution in [-0.4, -0.2) is 20.9 Å². The molecule has 0 aliphatic carbocycles. The van der Waals surface area contributed by atoms with E-state index in [9.17, 15) is 13.2 Å². The number of sulfonamides is 1. The van der Waals surface area contributed by atoms with E-state index in [-0.39, 0.29) is 17.4 Å². The number of carbonyl (C=O) groups is 1. The van der Waals surface area contributed by atoms with Gasteiger partial charge in [0.1, 0.15) is 17.3 Å². The Kier molecular flexibility index (Phi) is 3.87. The lowest BCUT2D eigenvalue weighted by Crippen LogP contribution is -2.28. The molecule has 1 aliphatic heterocycles. The molecule has 2 heterocycles. The van der Waals surface area contributed by atoms with Gasteiger partial charge in [-0.05, 0) is 44.2 Å². The van der Waals surface area contributed by atoms with Crippen molar-refractivity contribution < 1.29 is 22.4 Å². The van der Waals surface area contributed by atoms with Gasteiger partial charge in [0.25, 0.3) is 5.91 Å². The molecule has 1 amide bonds. The third-order valence-corrected chi connectivity index (χ3v) is 4.95. The lowest BCUT2D eigenvalue weighted by atomic mass is 10.2. The number of amides is 1. The van der Waals surface area contributed by atoms with E-state index >= 15 is 0 Å². The number of carbonyl (C=O) groups excluding carboxylic acids is 1. The summed E-state index contributed by atoms with van der Waals surface area (Å²) < 4.78 is 38.2. The van der Waals surface area contributed by atoms with Gasteiger partial charge in [-0.2, -0.15) is 0 Å². The van der Waals surface area contributed by atoms with Crippen LogP contribution < -0.4 is 14.8 Å². The number of rotatable bonds is 4. The van der Waals surface area contributed by atoms with Crippen molar-refractivity contribution >= 4 is 21.6 Å². The second-order valence-electron chi connectivity index (χ2n) is 5.29. The molecule has 1 aromatic heterocycles. The van der Waals surface area contributed by atoms with Gasteiger partial charge in [0.05, 0.1) is 16.6 Å². The van der Waals surface area contributed by atoms with Crippen molar-refractivity contribution in [2.45, 2.75) is 24.8 Å². The fraction of sp³-hybridized carbons (Fsp3) is 0.267. The highest BCUT2D eigenvalue weighted by Crippen LogP contribution is 2.30. The minimum Gasteiger partial charge on any atom is -0.482 e. The molecule has 7 nitrogen and oxygen atoms in total. The third-order valence-electron chi connectivity index (χ3n) is 3.41. The summed E-state index contributed by atoms with van der Waals surface area (Å²) in [5, 5.41) is 2.59. The first-order chi connectivity index (χ1) is 10.8. The summed E-state index contributed by atoms with van der Waals surface area (Å²) in [7, 11) is -3.77. The highest BCUT2D eigenvalue weighted by Gasteiger charge is 2.23. The Morgan fingerprint density at radius 1 is 1.26 bits per heavy atom. The molecule has 2 aromatic rings. The smallest absolute Gasteiger partial charge is 0.262 e. The summed E-state index contributed by atoms with van der Waals surface area (Å²) in [4.78, 5) is 11.4. The minimum absolute atomic E-state index is 0.0391. The first kappa shape index (κ1) is 15.6. The molecular formula is C15H16N2O5S. The van der Waals surface area contributed by atoms with Crippen molar-refractivity contribution in [2.75, 3.05) is 11.9 Å². The van der Waals surface area contributed by atoms with Gasteiger partial charge in [0.2, 0.25) is 10.0 Å². The average molecular weight is 336 g/mol. The second-order valence-corrected chi connectivity index (χ2v) is 7.00. The molecule has 0 fully saturated rings. The molecule has 1 aromatic carbocycles. The van der Waals surface area contributed by atoms with Crippen LogP contribution in [0.5, 0.6) is 5.75 Å². The maximum Gasteiger partial charge on any atom is 0.262 e. The van der Waals surface area contributed by atoms with Gasteiger partial charge in [0.15, 0.2) is 6.61 Å². The van der Waals surface area contributed by atoms with Crippen LogP contribution in [0.3, 0.4) is 0 Å². The van der Waals surface area contributed by atoms with Gasteiger partial charge >= 0.3 is 0 Å². The quantitative estimate of drug-likeness (QED) is 0.889. The lowest BCUT2D eigenvalue weighted by molar-refractivity contribution is -0.118. The summed E-state index contributed by atoms with van der Waals surface area (Å²) >= 11 is 0. The minimum atomic E-state index is -3.77. The number of ether oxygens (including phenoxy) is 1. The first-order valence-corrected chi connectivity index (χ1v) is 8.49. The van der Waals surface area contributed by atoms with E-state index in [0.29, 0.717) is 23.0 Å². The number of furan rings is 1. The van der Waals surface area contributed by atoms with Gasteiger partial charge in [-0.1, -0.05) is 0 Å². The van der Waals surface area contributed by atoms with Gasteiger partial charge in [-0.15, -0.1) is 0 Å². The maximum atomic E-state index is 12.5. The Hall–Kier alpha value is -2.32. The van der Waals surface area contributed by atoms with Crippen molar-refractivity contribution in [3.63, 3.8) is 0 Å². The van der Waals surface area contributed by atoms with Crippen LogP contribution >= 0.6 is 0 Å². The highest BCUT2D eigenvalue weighted by atomic mass is 32.2. The van der Waals surface area contributed by atoms with Gasteiger partial charge in [-0.3, -0.25) is 4.79 Å². The molecule has 2 N–H and O–H groups in total. The first-order valence-electron chi connectivity index (χ1n) is 7.00. The van der Waals surface area contributed by atoms with E-state index in [1.807, 2.05) is 0 Å². The van der Waals surface area contributed by atoms with Crippen LogP contribution in [0, 0.1) is 6.92 Å². The number of nitrogens with one attached hydrogen (secondary N) is 2. The van der Waals surface area contributed by atoms with Crippen LogP contribution in [0.1, 0.15) is 24.5 Å². The summed E-state index contributed by atoms with van der Waals surface area (Å²) in [5.74, 6) is 1.36. The molecule has 0 radical (unpaired) electrons. The Labute approximate surface area is 133 Å². The zero-order valence-corrected chi connectivity index (χ0v) is 13.4. The summed E-state index contributed by atoms with van der Waals surface area (Å²) in [6.07, 6.45) is 0. The molecule has 122 valence electrons. The van der Waals surface area contributed by atoms with Crippen molar-refractivity contribution in [3.05, 3.63) is 41.9 Å². The number of fused-ring (bicyclic) bond motifs is 1. The molecular weight excluding hydrogens is 320 g/mol. The monoisotopic (exact) mass is 336 g/mol. The van der Waals surface area contributed by atoms with Crippen LogP contribution in [0.2, 0.25) is 0 Å².